The molecule has 0 N–H and O–H groups in total. The molecular formula is C14H20BrNO3. The average Bonchev–Trinajstić information content (AvgIpc) is 2.44. The van der Waals surface area contributed by atoms with Crippen LogP contribution in [0.5, 0.6) is 11.5 Å². The summed E-state index contributed by atoms with van der Waals surface area (Å²) in [7, 11) is 3.18. The van der Waals surface area contributed by atoms with E-state index in [1.165, 1.54) is 0 Å². The zero-order valence-corrected chi connectivity index (χ0v) is 13.2. The number of nitrogens with zero attached hydrogens (tertiary/aromatic N) is 1. The summed E-state index contributed by atoms with van der Waals surface area (Å²) in [5.41, 5.74) is 0.927. The van der Waals surface area contributed by atoms with Crippen molar-refractivity contribution in [1.82, 2.24) is 4.90 Å². The van der Waals surface area contributed by atoms with Crippen LogP contribution in [-0.4, -0.2) is 43.4 Å². The summed E-state index contributed by atoms with van der Waals surface area (Å²) in [5, 5.41) is 0.790. The van der Waals surface area contributed by atoms with Gasteiger partial charge in [0.15, 0.2) is 11.5 Å². The van der Waals surface area contributed by atoms with Crippen LogP contribution in [-0.2, 0) is 11.2 Å². The van der Waals surface area contributed by atoms with Gasteiger partial charge >= 0.3 is 0 Å². The van der Waals surface area contributed by atoms with E-state index in [0.29, 0.717) is 17.9 Å². The van der Waals surface area contributed by atoms with E-state index < -0.39 is 0 Å². The fourth-order valence-corrected chi connectivity index (χ4v) is 2.27. The number of ether oxygens (including phenoxy) is 2. The van der Waals surface area contributed by atoms with Crippen molar-refractivity contribution in [1.29, 1.82) is 0 Å². The average molecular weight is 330 g/mol. The molecule has 106 valence electrons. The number of benzene rings is 1. The minimum atomic E-state index is 0.120. The third-order valence-electron chi connectivity index (χ3n) is 2.89. The molecule has 0 saturated heterocycles. The maximum atomic E-state index is 12.1. The molecule has 4 nitrogen and oxygen atoms in total. The standard InChI is InChI=1S/C14H20BrNO3/c1-4-16(8-7-15)14(17)10-11-5-6-12(18-2)13(9-11)19-3/h5-6,9H,4,7-8,10H2,1-3H3. The Balaban J connectivity index is 2.79. The van der Waals surface area contributed by atoms with Crippen LogP contribution in [0.1, 0.15) is 12.5 Å². The summed E-state index contributed by atoms with van der Waals surface area (Å²) >= 11 is 3.36. The second-order valence-corrected chi connectivity index (χ2v) is 4.82. The fraction of sp³-hybridized carbons (Fsp3) is 0.500. The maximum absolute atomic E-state index is 12.1. The van der Waals surface area contributed by atoms with Crippen molar-refractivity contribution in [2.45, 2.75) is 13.3 Å². The number of hydrogen-bond acceptors (Lipinski definition) is 3. The molecule has 0 spiro atoms. The third kappa shape index (κ3) is 4.42. The number of carbonyl (C=O) groups is 1. The number of likely N-dealkylation sites (N-methyl/N-ethyl adjacent to an activating group) is 1. The Morgan fingerprint density at radius 3 is 2.47 bits per heavy atom. The third-order valence-corrected chi connectivity index (χ3v) is 3.25. The SMILES string of the molecule is CCN(CCBr)C(=O)Cc1ccc(OC)c(OC)c1. The maximum Gasteiger partial charge on any atom is 0.227 e. The zero-order valence-electron chi connectivity index (χ0n) is 11.6. The topological polar surface area (TPSA) is 38.8 Å². The van der Waals surface area contributed by atoms with Crippen LogP contribution in [0.25, 0.3) is 0 Å². The number of carbonyl (C=O) groups excluding carboxylic acids is 1. The lowest BCUT2D eigenvalue weighted by atomic mass is 10.1. The summed E-state index contributed by atoms with van der Waals surface area (Å²) in [6.07, 6.45) is 0.376. The molecule has 0 fully saturated rings. The van der Waals surface area contributed by atoms with Crippen LogP contribution < -0.4 is 9.47 Å². The van der Waals surface area contributed by atoms with Crippen molar-refractivity contribution < 1.29 is 14.3 Å². The molecule has 5 heteroatoms. The molecule has 0 bridgehead atoms. The van der Waals surface area contributed by atoms with Gasteiger partial charge in [-0.05, 0) is 24.6 Å². The van der Waals surface area contributed by atoms with Gasteiger partial charge in [-0.15, -0.1) is 0 Å². The Labute approximate surface area is 122 Å². The first kappa shape index (κ1) is 15.8. The second kappa shape index (κ2) is 8.04. The van der Waals surface area contributed by atoms with E-state index in [4.69, 9.17) is 9.47 Å². The molecule has 0 radical (unpaired) electrons. The molecule has 0 atom stereocenters. The van der Waals surface area contributed by atoms with E-state index >= 15 is 0 Å². The molecule has 0 aliphatic rings. The Morgan fingerprint density at radius 1 is 1.26 bits per heavy atom. The predicted octanol–water partition coefficient (Wildman–Crippen LogP) is 2.49. The van der Waals surface area contributed by atoms with Gasteiger partial charge in [0.25, 0.3) is 0 Å². The number of methoxy groups -OCH3 is 2. The molecule has 0 heterocycles. The smallest absolute Gasteiger partial charge is 0.227 e. The highest BCUT2D eigenvalue weighted by molar-refractivity contribution is 9.09. The first-order valence-corrected chi connectivity index (χ1v) is 7.33. The summed E-state index contributed by atoms with van der Waals surface area (Å²) in [5.74, 6) is 1.44. The Morgan fingerprint density at radius 2 is 1.95 bits per heavy atom. The normalized spacial score (nSPS) is 10.1. The van der Waals surface area contributed by atoms with Crippen LogP contribution in [0.2, 0.25) is 0 Å². The van der Waals surface area contributed by atoms with Crippen LogP contribution in [0.15, 0.2) is 18.2 Å². The molecule has 0 saturated carbocycles. The molecule has 1 amide bonds. The van der Waals surface area contributed by atoms with E-state index in [0.717, 1.165) is 24.0 Å². The van der Waals surface area contributed by atoms with Gasteiger partial charge in [-0.25, -0.2) is 0 Å². The minimum Gasteiger partial charge on any atom is -0.493 e. The van der Waals surface area contributed by atoms with Gasteiger partial charge in [-0.3, -0.25) is 4.79 Å². The van der Waals surface area contributed by atoms with Gasteiger partial charge in [-0.2, -0.15) is 0 Å². The van der Waals surface area contributed by atoms with E-state index in [1.807, 2.05) is 30.0 Å². The van der Waals surface area contributed by atoms with E-state index in [2.05, 4.69) is 15.9 Å². The summed E-state index contributed by atoms with van der Waals surface area (Å²) in [6.45, 7) is 3.43. The van der Waals surface area contributed by atoms with E-state index in [1.54, 1.807) is 14.2 Å². The largest absolute Gasteiger partial charge is 0.493 e. The van der Waals surface area contributed by atoms with Crippen molar-refractivity contribution in [3.63, 3.8) is 0 Å². The fourth-order valence-electron chi connectivity index (χ4n) is 1.84. The van der Waals surface area contributed by atoms with Gasteiger partial charge in [0, 0.05) is 18.4 Å². The van der Waals surface area contributed by atoms with Crippen LogP contribution >= 0.6 is 15.9 Å². The first-order valence-electron chi connectivity index (χ1n) is 6.20. The Bertz CT molecular complexity index is 423. The summed E-state index contributed by atoms with van der Waals surface area (Å²) in [6, 6.07) is 5.56. The van der Waals surface area contributed by atoms with E-state index in [9.17, 15) is 4.79 Å². The molecule has 0 aromatic heterocycles. The lowest BCUT2D eigenvalue weighted by Gasteiger charge is -2.20. The van der Waals surface area contributed by atoms with Crippen molar-refractivity contribution >= 4 is 21.8 Å². The van der Waals surface area contributed by atoms with Crippen molar-refractivity contribution in [3.8, 4) is 11.5 Å². The monoisotopic (exact) mass is 329 g/mol. The van der Waals surface area contributed by atoms with Crippen molar-refractivity contribution in [2.75, 3.05) is 32.6 Å². The quantitative estimate of drug-likeness (QED) is 0.721. The molecule has 0 unspecified atom stereocenters. The van der Waals surface area contributed by atoms with Crippen LogP contribution in [0.3, 0.4) is 0 Å². The number of rotatable bonds is 7. The number of halogens is 1. The van der Waals surface area contributed by atoms with Gasteiger partial charge in [-0.1, -0.05) is 22.0 Å². The number of amides is 1. The van der Waals surface area contributed by atoms with Crippen LogP contribution in [0.4, 0.5) is 0 Å². The lowest BCUT2D eigenvalue weighted by molar-refractivity contribution is -0.130. The van der Waals surface area contributed by atoms with Crippen molar-refractivity contribution in [2.24, 2.45) is 0 Å². The molecule has 1 aromatic carbocycles. The lowest BCUT2D eigenvalue weighted by Crippen LogP contribution is -2.33. The van der Waals surface area contributed by atoms with Crippen molar-refractivity contribution in [3.05, 3.63) is 23.8 Å². The first-order chi connectivity index (χ1) is 9.15. The van der Waals surface area contributed by atoms with E-state index in [-0.39, 0.29) is 5.91 Å². The highest BCUT2D eigenvalue weighted by Gasteiger charge is 2.13. The molecule has 1 aromatic rings. The highest BCUT2D eigenvalue weighted by Crippen LogP contribution is 2.27. The second-order valence-electron chi connectivity index (χ2n) is 4.03. The summed E-state index contributed by atoms with van der Waals surface area (Å²) < 4.78 is 10.4. The summed E-state index contributed by atoms with van der Waals surface area (Å²) in [4.78, 5) is 13.9. The number of hydrogen-bond donors (Lipinski definition) is 0. The van der Waals surface area contributed by atoms with Gasteiger partial charge in [0.2, 0.25) is 5.91 Å². The molecular weight excluding hydrogens is 310 g/mol. The van der Waals surface area contributed by atoms with Gasteiger partial charge in [0.1, 0.15) is 0 Å². The Kier molecular flexibility index (Phi) is 6.70. The highest BCUT2D eigenvalue weighted by atomic mass is 79.9. The molecule has 1 rings (SSSR count). The van der Waals surface area contributed by atoms with Gasteiger partial charge < -0.3 is 14.4 Å². The zero-order chi connectivity index (χ0) is 14.3. The predicted molar refractivity (Wildman–Crippen MR) is 79.3 cm³/mol. The Hall–Kier alpha value is -1.23. The molecule has 19 heavy (non-hydrogen) atoms. The van der Waals surface area contributed by atoms with Gasteiger partial charge in [0.05, 0.1) is 20.6 Å². The number of alkyl halides is 1. The van der Waals surface area contributed by atoms with Crippen LogP contribution in [0, 0.1) is 0 Å². The molecule has 0 aliphatic heterocycles. The molecule has 0 aliphatic carbocycles. The minimum absolute atomic E-state index is 0.120.